The molecule has 1 fully saturated rings. The van der Waals surface area contributed by atoms with Gasteiger partial charge in [0.15, 0.2) is 0 Å². The van der Waals surface area contributed by atoms with Gasteiger partial charge < -0.3 is 10.6 Å². The number of hydrogen-bond donors (Lipinski definition) is 2. The number of nitrogens with one attached hydrogen (secondary N) is 2. The topological polar surface area (TPSA) is 24.1 Å². The van der Waals surface area contributed by atoms with Crippen LogP contribution in [0.1, 0.15) is 12.0 Å². The molecule has 0 radical (unpaired) electrons. The van der Waals surface area contributed by atoms with Crippen LogP contribution < -0.4 is 10.6 Å². The van der Waals surface area contributed by atoms with Gasteiger partial charge in [0.1, 0.15) is 5.82 Å². The molecule has 1 aromatic carbocycles. The van der Waals surface area contributed by atoms with Crippen LogP contribution in [0.15, 0.2) is 22.7 Å². The molecule has 1 atom stereocenters. The molecule has 2 rings (SSSR count). The molecular weight excluding hydrogens is 259 g/mol. The molecule has 1 unspecified atom stereocenters. The Bertz CT molecular complexity index is 317. The van der Waals surface area contributed by atoms with Crippen molar-refractivity contribution >= 4 is 15.9 Å². The first-order valence-electron chi connectivity index (χ1n) is 5.13. The Balaban J connectivity index is 1.92. The molecule has 2 N–H and O–H groups in total. The fourth-order valence-corrected chi connectivity index (χ4v) is 2.32. The summed E-state index contributed by atoms with van der Waals surface area (Å²) in [5.41, 5.74) is 0.980. The number of hydrogen-bond acceptors (Lipinski definition) is 2. The summed E-state index contributed by atoms with van der Waals surface area (Å²) < 4.78 is 13.9. The molecule has 0 spiro atoms. The van der Waals surface area contributed by atoms with E-state index in [0.29, 0.717) is 6.04 Å². The van der Waals surface area contributed by atoms with Crippen LogP contribution in [-0.4, -0.2) is 19.1 Å². The first-order valence-corrected chi connectivity index (χ1v) is 5.92. The molecule has 15 heavy (non-hydrogen) atoms. The monoisotopic (exact) mass is 272 g/mol. The van der Waals surface area contributed by atoms with Crippen molar-refractivity contribution in [3.63, 3.8) is 0 Å². The predicted octanol–water partition coefficient (Wildman–Crippen LogP) is 2.04. The lowest BCUT2D eigenvalue weighted by molar-refractivity contribution is 0.544. The van der Waals surface area contributed by atoms with E-state index in [1.165, 1.54) is 6.07 Å². The van der Waals surface area contributed by atoms with E-state index in [2.05, 4.69) is 26.6 Å². The highest BCUT2D eigenvalue weighted by atomic mass is 79.9. The van der Waals surface area contributed by atoms with E-state index >= 15 is 0 Å². The molecule has 0 amide bonds. The second kappa shape index (κ2) is 5.05. The SMILES string of the molecule is Fc1cc(Br)cc(CNC2CCNC2)c1. The highest BCUT2D eigenvalue weighted by Crippen LogP contribution is 2.15. The Morgan fingerprint density at radius 1 is 1.47 bits per heavy atom. The van der Waals surface area contributed by atoms with Gasteiger partial charge in [0.05, 0.1) is 0 Å². The lowest BCUT2D eigenvalue weighted by Crippen LogP contribution is -2.30. The summed E-state index contributed by atoms with van der Waals surface area (Å²) in [6, 6.07) is 5.51. The van der Waals surface area contributed by atoms with Crippen molar-refractivity contribution in [2.24, 2.45) is 0 Å². The summed E-state index contributed by atoms with van der Waals surface area (Å²) in [6.07, 6.45) is 1.15. The van der Waals surface area contributed by atoms with Gasteiger partial charge in [0, 0.05) is 23.6 Å². The summed E-state index contributed by atoms with van der Waals surface area (Å²) in [4.78, 5) is 0. The zero-order valence-corrected chi connectivity index (χ0v) is 9.98. The van der Waals surface area contributed by atoms with Crippen LogP contribution in [0.5, 0.6) is 0 Å². The van der Waals surface area contributed by atoms with E-state index in [4.69, 9.17) is 0 Å². The Morgan fingerprint density at radius 2 is 2.33 bits per heavy atom. The Hall–Kier alpha value is -0.450. The third kappa shape index (κ3) is 3.26. The molecule has 1 aliphatic heterocycles. The van der Waals surface area contributed by atoms with Gasteiger partial charge in [-0.25, -0.2) is 4.39 Å². The van der Waals surface area contributed by atoms with Crippen molar-refractivity contribution in [3.05, 3.63) is 34.1 Å². The third-order valence-corrected chi connectivity index (χ3v) is 3.04. The van der Waals surface area contributed by atoms with Gasteiger partial charge in [-0.3, -0.25) is 0 Å². The Labute approximate surface area is 97.4 Å². The first-order chi connectivity index (χ1) is 7.24. The summed E-state index contributed by atoms with van der Waals surface area (Å²) in [7, 11) is 0. The zero-order chi connectivity index (χ0) is 10.7. The van der Waals surface area contributed by atoms with Gasteiger partial charge in [-0.05, 0) is 36.7 Å². The van der Waals surface area contributed by atoms with Crippen LogP contribution in [0.25, 0.3) is 0 Å². The van der Waals surface area contributed by atoms with Crippen molar-refractivity contribution in [2.75, 3.05) is 13.1 Å². The second-order valence-electron chi connectivity index (χ2n) is 3.85. The third-order valence-electron chi connectivity index (χ3n) is 2.58. The molecule has 4 heteroatoms. The van der Waals surface area contributed by atoms with Gasteiger partial charge in [-0.15, -0.1) is 0 Å². The molecule has 0 bridgehead atoms. The molecule has 82 valence electrons. The minimum Gasteiger partial charge on any atom is -0.315 e. The molecule has 0 aromatic heterocycles. The lowest BCUT2D eigenvalue weighted by atomic mass is 10.2. The smallest absolute Gasteiger partial charge is 0.124 e. The highest BCUT2D eigenvalue weighted by molar-refractivity contribution is 9.10. The van der Waals surface area contributed by atoms with Crippen LogP contribution in [0.3, 0.4) is 0 Å². The molecule has 0 saturated carbocycles. The number of halogens is 2. The van der Waals surface area contributed by atoms with Crippen LogP contribution >= 0.6 is 15.9 Å². The maximum Gasteiger partial charge on any atom is 0.124 e. The lowest BCUT2D eigenvalue weighted by Gasteiger charge is -2.11. The van der Waals surface area contributed by atoms with Gasteiger partial charge in [0.25, 0.3) is 0 Å². The van der Waals surface area contributed by atoms with Crippen LogP contribution in [0, 0.1) is 5.82 Å². The van der Waals surface area contributed by atoms with E-state index in [9.17, 15) is 4.39 Å². The Morgan fingerprint density at radius 3 is 3.00 bits per heavy atom. The van der Waals surface area contributed by atoms with E-state index in [1.807, 2.05) is 6.07 Å². The maximum atomic E-state index is 13.1. The van der Waals surface area contributed by atoms with Gasteiger partial charge in [-0.1, -0.05) is 15.9 Å². The number of rotatable bonds is 3. The van der Waals surface area contributed by atoms with Gasteiger partial charge in [-0.2, -0.15) is 0 Å². The minimum absolute atomic E-state index is 0.189. The van der Waals surface area contributed by atoms with Crippen molar-refractivity contribution < 1.29 is 4.39 Å². The molecule has 0 aliphatic carbocycles. The van der Waals surface area contributed by atoms with Crippen molar-refractivity contribution in [1.29, 1.82) is 0 Å². The summed E-state index contributed by atoms with van der Waals surface area (Å²) >= 11 is 3.29. The summed E-state index contributed by atoms with van der Waals surface area (Å²) in [6.45, 7) is 2.81. The summed E-state index contributed by atoms with van der Waals surface area (Å²) in [5.74, 6) is -0.189. The molecule has 1 aromatic rings. The highest BCUT2D eigenvalue weighted by Gasteiger charge is 2.13. The van der Waals surface area contributed by atoms with E-state index in [0.717, 1.165) is 36.1 Å². The largest absolute Gasteiger partial charge is 0.315 e. The quantitative estimate of drug-likeness (QED) is 0.880. The Kier molecular flexibility index (Phi) is 3.72. The summed E-state index contributed by atoms with van der Waals surface area (Å²) in [5, 5.41) is 6.69. The fourth-order valence-electron chi connectivity index (χ4n) is 1.80. The normalized spacial score (nSPS) is 20.8. The van der Waals surface area contributed by atoms with Gasteiger partial charge in [0.2, 0.25) is 0 Å². The fraction of sp³-hybridized carbons (Fsp3) is 0.455. The molecule has 1 heterocycles. The van der Waals surface area contributed by atoms with E-state index in [1.54, 1.807) is 6.07 Å². The van der Waals surface area contributed by atoms with E-state index in [-0.39, 0.29) is 5.82 Å². The first kappa shape index (κ1) is 11.0. The van der Waals surface area contributed by atoms with Crippen LogP contribution in [-0.2, 0) is 6.54 Å². The van der Waals surface area contributed by atoms with Crippen LogP contribution in [0.2, 0.25) is 0 Å². The van der Waals surface area contributed by atoms with Crippen molar-refractivity contribution in [3.8, 4) is 0 Å². The molecule has 1 aliphatic rings. The predicted molar refractivity (Wildman–Crippen MR) is 62.2 cm³/mol. The average Bonchev–Trinajstić information content (AvgIpc) is 2.65. The van der Waals surface area contributed by atoms with Gasteiger partial charge >= 0.3 is 0 Å². The maximum absolute atomic E-state index is 13.1. The van der Waals surface area contributed by atoms with Crippen molar-refractivity contribution in [2.45, 2.75) is 19.0 Å². The standard InChI is InChI=1S/C11H14BrFN2/c12-9-3-8(4-10(13)5-9)6-15-11-1-2-14-7-11/h3-5,11,14-15H,1-2,6-7H2. The molecule has 1 saturated heterocycles. The second-order valence-corrected chi connectivity index (χ2v) is 4.76. The van der Waals surface area contributed by atoms with E-state index < -0.39 is 0 Å². The minimum atomic E-state index is -0.189. The zero-order valence-electron chi connectivity index (χ0n) is 8.39. The molecule has 2 nitrogen and oxygen atoms in total. The van der Waals surface area contributed by atoms with Crippen LogP contribution in [0.4, 0.5) is 4.39 Å². The number of benzene rings is 1. The van der Waals surface area contributed by atoms with Crippen molar-refractivity contribution in [1.82, 2.24) is 10.6 Å². The average molecular weight is 273 g/mol. The molecular formula is C11H14BrFN2.